The van der Waals surface area contributed by atoms with Gasteiger partial charge in [-0.3, -0.25) is 4.79 Å². The molecule has 1 aromatic heterocycles. The molecule has 1 saturated heterocycles. The van der Waals surface area contributed by atoms with Gasteiger partial charge in [0.25, 0.3) is 10.2 Å². The molecular weight excluding hydrogens is 536 g/mol. The van der Waals surface area contributed by atoms with E-state index in [4.69, 9.17) is 9.90 Å². The fourth-order valence-electron chi connectivity index (χ4n) is 4.50. The topological polar surface area (TPSA) is 140 Å². The number of halogens is 4. The van der Waals surface area contributed by atoms with E-state index in [0.717, 1.165) is 11.8 Å². The predicted octanol–water partition coefficient (Wildman–Crippen LogP) is 2.46. The summed E-state index contributed by atoms with van der Waals surface area (Å²) in [6.45, 7) is 3.12. The molecule has 1 unspecified atom stereocenters. The second-order valence-electron chi connectivity index (χ2n) is 8.84. The number of carboxylic acids is 2. The summed E-state index contributed by atoms with van der Waals surface area (Å²) in [4.78, 5) is 27.0. The molecule has 1 aliphatic carbocycles. The smallest absolute Gasteiger partial charge is 0.480 e. The maximum absolute atomic E-state index is 13.2. The predicted molar refractivity (Wildman–Crippen MR) is 127 cm³/mol. The third-order valence-corrected chi connectivity index (χ3v) is 8.12. The number of hydrogen-bond donors (Lipinski definition) is 3. The highest BCUT2D eigenvalue weighted by Gasteiger charge is 2.70. The highest BCUT2D eigenvalue weighted by Crippen LogP contribution is 2.57. The number of alkyl halides is 3. The quantitative estimate of drug-likeness (QED) is 0.457. The van der Waals surface area contributed by atoms with Gasteiger partial charge >= 0.3 is 18.1 Å². The van der Waals surface area contributed by atoms with Crippen molar-refractivity contribution in [2.45, 2.75) is 31.0 Å². The van der Waals surface area contributed by atoms with Crippen molar-refractivity contribution in [1.82, 2.24) is 14.0 Å². The minimum Gasteiger partial charge on any atom is -0.480 e. The highest BCUT2D eigenvalue weighted by molar-refractivity contribution is 7.87. The number of carbonyl (C=O) groups is 2. The lowest BCUT2D eigenvalue weighted by Crippen LogP contribution is -2.52. The van der Waals surface area contributed by atoms with Crippen molar-refractivity contribution in [3.63, 3.8) is 0 Å². The second-order valence-corrected chi connectivity index (χ2v) is 10.5. The van der Waals surface area contributed by atoms with Gasteiger partial charge < -0.3 is 15.1 Å². The fraction of sp³-hybridized carbons (Fsp3) is 0.435. The van der Waals surface area contributed by atoms with Gasteiger partial charge in [0.05, 0.1) is 6.20 Å². The minimum absolute atomic E-state index is 0.175. The molecule has 4 rings (SSSR count). The van der Waals surface area contributed by atoms with Crippen LogP contribution in [0.3, 0.4) is 0 Å². The first-order valence-corrected chi connectivity index (χ1v) is 12.9. The third kappa shape index (κ3) is 6.39. The Bertz CT molecular complexity index is 1250. The van der Waals surface area contributed by atoms with Gasteiger partial charge in [0, 0.05) is 32.1 Å². The van der Waals surface area contributed by atoms with Crippen LogP contribution < -0.4 is 9.62 Å². The molecular formula is C23H26F4N4O6S. The number of aliphatic carboxylic acids is 2. The van der Waals surface area contributed by atoms with Crippen LogP contribution in [0.25, 0.3) is 0 Å². The van der Waals surface area contributed by atoms with Gasteiger partial charge in [0.2, 0.25) is 0 Å². The van der Waals surface area contributed by atoms with E-state index >= 15 is 0 Å². The molecule has 10 nitrogen and oxygen atoms in total. The van der Waals surface area contributed by atoms with E-state index in [-0.39, 0.29) is 19.0 Å². The van der Waals surface area contributed by atoms with Gasteiger partial charge in [-0.05, 0) is 30.0 Å². The zero-order valence-corrected chi connectivity index (χ0v) is 20.9. The zero-order valence-electron chi connectivity index (χ0n) is 20.1. The summed E-state index contributed by atoms with van der Waals surface area (Å²) in [5, 5.41) is 17.1. The highest BCUT2D eigenvalue weighted by atomic mass is 32.2. The third-order valence-electron chi connectivity index (χ3n) is 6.48. The van der Waals surface area contributed by atoms with Crippen LogP contribution in [-0.2, 0) is 19.8 Å². The first-order chi connectivity index (χ1) is 17.7. The Hall–Kier alpha value is -3.30. The van der Waals surface area contributed by atoms with Crippen LogP contribution in [-0.4, -0.2) is 77.8 Å². The molecule has 1 saturated carbocycles. The van der Waals surface area contributed by atoms with Gasteiger partial charge in [-0.2, -0.15) is 30.6 Å². The molecule has 2 aromatic rings. The summed E-state index contributed by atoms with van der Waals surface area (Å²) < 4.78 is 75.0. The summed E-state index contributed by atoms with van der Waals surface area (Å²) in [7, 11) is -4.04. The van der Waals surface area contributed by atoms with Crippen molar-refractivity contribution in [2.75, 3.05) is 31.1 Å². The number of benzene rings is 1. The Morgan fingerprint density at radius 3 is 2.21 bits per heavy atom. The van der Waals surface area contributed by atoms with Crippen LogP contribution in [0.2, 0.25) is 0 Å². The molecule has 0 spiro atoms. The maximum Gasteiger partial charge on any atom is 0.490 e. The SMILES string of the molecule is CC1[C@H](c2ccccc2)[C@]1(NS(=O)(=O)N1CCCN(c2ccc(F)cn2)CC1)C(=O)O.O=C(O)C(F)(F)F. The summed E-state index contributed by atoms with van der Waals surface area (Å²) in [6, 6.07) is 12.0. The van der Waals surface area contributed by atoms with E-state index < -0.39 is 45.6 Å². The number of nitrogens with one attached hydrogen (secondary N) is 1. The van der Waals surface area contributed by atoms with E-state index in [1.807, 2.05) is 35.2 Å². The lowest BCUT2D eigenvalue weighted by atomic mass is 10.1. The van der Waals surface area contributed by atoms with Crippen molar-refractivity contribution in [2.24, 2.45) is 5.92 Å². The van der Waals surface area contributed by atoms with Crippen LogP contribution in [0.5, 0.6) is 0 Å². The molecule has 38 heavy (non-hydrogen) atoms. The van der Waals surface area contributed by atoms with E-state index in [1.165, 1.54) is 10.4 Å². The van der Waals surface area contributed by atoms with Gasteiger partial charge in [-0.25, -0.2) is 14.2 Å². The first-order valence-electron chi connectivity index (χ1n) is 11.4. The maximum atomic E-state index is 13.2. The molecule has 0 radical (unpaired) electrons. The number of nitrogens with zero attached hydrogens (tertiary/aromatic N) is 3. The van der Waals surface area contributed by atoms with Gasteiger partial charge in [-0.15, -0.1) is 0 Å². The van der Waals surface area contributed by atoms with Crippen molar-refractivity contribution in [3.05, 3.63) is 60.0 Å². The Balaban J connectivity index is 0.000000505. The summed E-state index contributed by atoms with van der Waals surface area (Å²) in [5.41, 5.74) is -0.769. The molecule has 15 heteroatoms. The summed E-state index contributed by atoms with van der Waals surface area (Å²) in [6.07, 6.45) is -3.41. The Morgan fingerprint density at radius 1 is 1.05 bits per heavy atom. The number of hydrogen-bond acceptors (Lipinski definition) is 6. The van der Waals surface area contributed by atoms with Crippen LogP contribution in [0.15, 0.2) is 48.7 Å². The standard InChI is InChI=1S/C21H25FN4O4S.C2HF3O2/c1-15-19(16-6-3-2-4-7-16)21(15,20(27)28)24-31(29,30)26-11-5-10-25(12-13-26)18-9-8-17(22)14-23-18;3-2(4,5)1(6)7/h2-4,6-9,14-15,19,24H,5,10-13H2,1H3,(H,27,28);(H,6,7)/t15?,19-,21+;/m1./s1. The lowest BCUT2D eigenvalue weighted by Gasteiger charge is -2.25. The molecule has 208 valence electrons. The van der Waals surface area contributed by atoms with Gasteiger partial charge in [0.1, 0.15) is 17.2 Å². The molecule has 1 aliphatic heterocycles. The van der Waals surface area contributed by atoms with E-state index in [0.29, 0.717) is 25.3 Å². The van der Waals surface area contributed by atoms with E-state index in [2.05, 4.69) is 9.71 Å². The van der Waals surface area contributed by atoms with Crippen molar-refractivity contribution >= 4 is 28.0 Å². The monoisotopic (exact) mass is 562 g/mol. The average molecular weight is 563 g/mol. The number of carboxylic acid groups (broad SMARTS) is 2. The largest absolute Gasteiger partial charge is 0.490 e. The normalized spacial score (nSPS) is 24.1. The van der Waals surface area contributed by atoms with Crippen molar-refractivity contribution in [3.8, 4) is 0 Å². The number of anilines is 1. The Morgan fingerprint density at radius 2 is 1.68 bits per heavy atom. The Labute approximate surface area is 216 Å². The molecule has 0 amide bonds. The molecule has 3 N–H and O–H groups in total. The molecule has 2 fully saturated rings. The number of pyridine rings is 1. The van der Waals surface area contributed by atoms with Gasteiger partial charge in [-0.1, -0.05) is 37.3 Å². The van der Waals surface area contributed by atoms with Crippen molar-refractivity contribution in [1.29, 1.82) is 0 Å². The second kappa shape index (κ2) is 11.2. The first kappa shape index (κ1) is 29.3. The van der Waals surface area contributed by atoms with Crippen LogP contribution in [0, 0.1) is 11.7 Å². The van der Waals surface area contributed by atoms with Gasteiger partial charge in [0.15, 0.2) is 0 Å². The minimum atomic E-state index is -5.08. The summed E-state index contributed by atoms with van der Waals surface area (Å²) in [5.74, 6) is -4.60. The fourth-order valence-corrected chi connectivity index (χ4v) is 6.14. The molecule has 2 heterocycles. The molecule has 2 aliphatic rings. The zero-order chi connectivity index (χ0) is 28.3. The van der Waals surface area contributed by atoms with Crippen LogP contribution in [0.1, 0.15) is 24.8 Å². The number of aromatic nitrogens is 1. The van der Waals surface area contributed by atoms with Crippen LogP contribution >= 0.6 is 0 Å². The summed E-state index contributed by atoms with van der Waals surface area (Å²) >= 11 is 0. The number of rotatable bonds is 6. The lowest BCUT2D eigenvalue weighted by molar-refractivity contribution is -0.192. The molecule has 3 atom stereocenters. The average Bonchev–Trinajstić information content (AvgIpc) is 3.52. The van der Waals surface area contributed by atoms with Crippen LogP contribution in [0.4, 0.5) is 23.4 Å². The molecule has 1 aromatic carbocycles. The van der Waals surface area contributed by atoms with E-state index in [1.54, 1.807) is 13.0 Å². The molecule has 0 bridgehead atoms. The Kier molecular flexibility index (Phi) is 8.63. The van der Waals surface area contributed by atoms with E-state index in [9.17, 15) is 35.9 Å². The van der Waals surface area contributed by atoms with Crippen molar-refractivity contribution < 1.29 is 45.8 Å².